The molecule has 0 radical (unpaired) electrons. The van der Waals surface area contributed by atoms with E-state index in [2.05, 4.69) is 13.2 Å². The maximum atomic E-state index is 11.5. The first-order chi connectivity index (χ1) is 5.63. The molecule has 0 bridgehead atoms. The van der Waals surface area contributed by atoms with Crippen LogP contribution in [0.2, 0.25) is 0 Å². The number of allylic oxidation sites excluding steroid dienone is 2. The number of carbonyl (C=O) groups is 1. The van der Waals surface area contributed by atoms with Gasteiger partial charge in [-0.25, -0.2) is 0 Å². The second kappa shape index (κ2) is 5.76. The van der Waals surface area contributed by atoms with E-state index in [4.69, 9.17) is 0 Å². The third-order valence-corrected chi connectivity index (χ3v) is 2.01. The van der Waals surface area contributed by atoms with Crippen molar-refractivity contribution in [1.29, 1.82) is 0 Å². The summed E-state index contributed by atoms with van der Waals surface area (Å²) >= 11 is 0. The monoisotopic (exact) mass is 166 g/mol. The molecule has 0 rings (SSSR count). The largest absolute Gasteiger partial charge is 0.299 e. The Morgan fingerprint density at radius 3 is 1.75 bits per heavy atom. The Kier molecular flexibility index (Phi) is 5.35. The molecule has 1 nitrogen and oxygen atoms in total. The lowest BCUT2D eigenvalue weighted by Crippen LogP contribution is -2.18. The van der Waals surface area contributed by atoms with Gasteiger partial charge in [-0.2, -0.15) is 0 Å². The molecule has 0 saturated carbocycles. The molecule has 0 aliphatic heterocycles. The number of hydrogen-bond donors (Lipinski definition) is 0. The van der Waals surface area contributed by atoms with Crippen LogP contribution in [0.25, 0.3) is 0 Å². The highest BCUT2D eigenvalue weighted by Crippen LogP contribution is 2.14. The molecule has 0 aromatic carbocycles. The number of rotatable bonds is 6. The molecule has 0 aromatic rings. The van der Waals surface area contributed by atoms with Gasteiger partial charge in [0.25, 0.3) is 0 Å². The molecule has 0 N–H and O–H groups in total. The van der Waals surface area contributed by atoms with Crippen molar-refractivity contribution >= 4 is 5.78 Å². The summed E-state index contributed by atoms with van der Waals surface area (Å²) in [6, 6.07) is 0. The van der Waals surface area contributed by atoms with Gasteiger partial charge in [0.05, 0.1) is 0 Å². The van der Waals surface area contributed by atoms with Crippen LogP contribution in [0, 0.1) is 11.8 Å². The fourth-order valence-corrected chi connectivity index (χ4v) is 1.22. The molecule has 0 aromatic heterocycles. The highest BCUT2D eigenvalue weighted by molar-refractivity contribution is 5.83. The lowest BCUT2D eigenvalue weighted by atomic mass is 9.91. The minimum atomic E-state index is 0.109. The Balaban J connectivity index is 3.98. The van der Waals surface area contributed by atoms with E-state index in [9.17, 15) is 4.79 Å². The normalized spacial score (nSPS) is 14.8. The summed E-state index contributed by atoms with van der Waals surface area (Å²) in [5.41, 5.74) is 0. The van der Waals surface area contributed by atoms with Gasteiger partial charge in [0.1, 0.15) is 5.78 Å². The minimum Gasteiger partial charge on any atom is -0.299 e. The van der Waals surface area contributed by atoms with E-state index in [1.54, 1.807) is 12.2 Å². The van der Waals surface area contributed by atoms with E-state index < -0.39 is 0 Å². The predicted molar refractivity (Wildman–Crippen MR) is 53.0 cm³/mol. The molecular weight excluding hydrogens is 148 g/mol. The smallest absolute Gasteiger partial charge is 0.139 e. The molecule has 0 saturated heterocycles. The van der Waals surface area contributed by atoms with Crippen molar-refractivity contribution in [3.8, 4) is 0 Å². The summed E-state index contributed by atoms with van der Waals surface area (Å²) in [5.74, 6) is 0.532. The molecule has 68 valence electrons. The molecule has 12 heavy (non-hydrogen) atoms. The van der Waals surface area contributed by atoms with Gasteiger partial charge in [0.2, 0.25) is 0 Å². The first kappa shape index (κ1) is 11.2. The fraction of sp³-hybridized carbons (Fsp3) is 0.545. The Morgan fingerprint density at radius 1 is 1.17 bits per heavy atom. The quantitative estimate of drug-likeness (QED) is 0.554. The maximum Gasteiger partial charge on any atom is 0.139 e. The maximum absolute atomic E-state index is 11.5. The van der Waals surface area contributed by atoms with Gasteiger partial charge >= 0.3 is 0 Å². The molecule has 0 heterocycles. The predicted octanol–water partition coefficient (Wildman–Crippen LogP) is 2.98. The average Bonchev–Trinajstić information content (AvgIpc) is 2.04. The van der Waals surface area contributed by atoms with E-state index in [1.165, 1.54) is 0 Å². The van der Waals surface area contributed by atoms with Gasteiger partial charge < -0.3 is 0 Å². The van der Waals surface area contributed by atoms with Gasteiger partial charge in [-0.15, -0.1) is 13.2 Å². The van der Waals surface area contributed by atoms with E-state index >= 15 is 0 Å². The van der Waals surface area contributed by atoms with Crippen LogP contribution in [0.4, 0.5) is 0 Å². The lowest BCUT2D eigenvalue weighted by Gasteiger charge is -2.12. The Morgan fingerprint density at radius 2 is 1.50 bits per heavy atom. The summed E-state index contributed by atoms with van der Waals surface area (Å²) in [6.45, 7) is 11.1. The van der Waals surface area contributed by atoms with Crippen molar-refractivity contribution in [3.05, 3.63) is 25.3 Å². The third kappa shape index (κ3) is 3.51. The molecular formula is C11H18O. The Hall–Kier alpha value is -0.850. The zero-order valence-electron chi connectivity index (χ0n) is 8.05. The molecule has 0 aliphatic rings. The summed E-state index contributed by atoms with van der Waals surface area (Å²) < 4.78 is 0. The molecule has 1 heteroatoms. The van der Waals surface area contributed by atoms with Crippen LogP contribution in [-0.4, -0.2) is 5.78 Å². The van der Waals surface area contributed by atoms with Crippen LogP contribution >= 0.6 is 0 Å². The first-order valence-corrected chi connectivity index (χ1v) is 4.39. The van der Waals surface area contributed by atoms with Crippen molar-refractivity contribution in [2.45, 2.75) is 26.7 Å². The highest BCUT2D eigenvalue weighted by Gasteiger charge is 2.17. The van der Waals surface area contributed by atoms with E-state index in [0.717, 1.165) is 12.8 Å². The van der Waals surface area contributed by atoms with Crippen LogP contribution < -0.4 is 0 Å². The van der Waals surface area contributed by atoms with Crippen LogP contribution in [0.5, 0.6) is 0 Å². The first-order valence-electron chi connectivity index (χ1n) is 4.39. The zero-order chi connectivity index (χ0) is 9.56. The summed E-state index contributed by atoms with van der Waals surface area (Å²) in [6.07, 6.45) is 5.15. The summed E-state index contributed by atoms with van der Waals surface area (Å²) in [5, 5.41) is 0. The second-order valence-electron chi connectivity index (χ2n) is 3.25. The van der Waals surface area contributed by atoms with Crippen molar-refractivity contribution in [3.63, 3.8) is 0 Å². The average molecular weight is 166 g/mol. The van der Waals surface area contributed by atoms with E-state index in [-0.39, 0.29) is 11.8 Å². The fourth-order valence-electron chi connectivity index (χ4n) is 1.22. The Labute approximate surface area is 75.2 Å². The topological polar surface area (TPSA) is 17.1 Å². The van der Waals surface area contributed by atoms with E-state index in [0.29, 0.717) is 5.78 Å². The van der Waals surface area contributed by atoms with Crippen molar-refractivity contribution in [1.82, 2.24) is 0 Å². The lowest BCUT2D eigenvalue weighted by molar-refractivity contribution is -0.125. The molecule has 0 aliphatic carbocycles. The van der Waals surface area contributed by atoms with Gasteiger partial charge in [0, 0.05) is 11.8 Å². The van der Waals surface area contributed by atoms with Crippen molar-refractivity contribution in [2.24, 2.45) is 11.8 Å². The van der Waals surface area contributed by atoms with Crippen LogP contribution in [0.1, 0.15) is 26.7 Å². The number of carbonyl (C=O) groups excluding carboxylic acids is 1. The third-order valence-electron chi connectivity index (χ3n) is 2.01. The molecule has 2 unspecified atom stereocenters. The summed E-state index contributed by atoms with van der Waals surface area (Å²) in [4.78, 5) is 11.5. The molecule has 0 fully saturated rings. The number of ketones is 1. The SMILES string of the molecule is C=CCC(C)C(=O)C(C)CC=C. The van der Waals surface area contributed by atoms with E-state index in [1.807, 2.05) is 13.8 Å². The highest BCUT2D eigenvalue weighted by atomic mass is 16.1. The molecule has 0 amide bonds. The van der Waals surface area contributed by atoms with Crippen molar-refractivity contribution in [2.75, 3.05) is 0 Å². The number of Topliss-reactive ketones (excluding diaryl/α,β-unsaturated/α-hetero) is 1. The van der Waals surface area contributed by atoms with Gasteiger partial charge in [-0.05, 0) is 12.8 Å². The second-order valence-corrected chi connectivity index (χ2v) is 3.25. The molecule has 0 spiro atoms. The van der Waals surface area contributed by atoms with Crippen LogP contribution in [0.15, 0.2) is 25.3 Å². The summed E-state index contributed by atoms with van der Waals surface area (Å²) in [7, 11) is 0. The number of hydrogen-bond acceptors (Lipinski definition) is 1. The Bertz CT molecular complexity index is 152. The van der Waals surface area contributed by atoms with Crippen LogP contribution in [-0.2, 0) is 4.79 Å². The van der Waals surface area contributed by atoms with Gasteiger partial charge in [-0.1, -0.05) is 26.0 Å². The standard InChI is InChI=1S/C11H18O/c1-5-7-9(3)11(12)10(4)8-6-2/h5-6,9-10H,1-2,7-8H2,3-4H3. The minimum absolute atomic E-state index is 0.109. The molecule has 2 atom stereocenters. The zero-order valence-corrected chi connectivity index (χ0v) is 8.05. The van der Waals surface area contributed by atoms with Gasteiger partial charge in [-0.3, -0.25) is 4.79 Å². The van der Waals surface area contributed by atoms with Gasteiger partial charge in [0.15, 0.2) is 0 Å². The van der Waals surface area contributed by atoms with Crippen LogP contribution in [0.3, 0.4) is 0 Å². The van der Waals surface area contributed by atoms with Crippen molar-refractivity contribution < 1.29 is 4.79 Å².